The first-order chi connectivity index (χ1) is 6.72. The van der Waals surface area contributed by atoms with Gasteiger partial charge in [-0.2, -0.15) is 5.10 Å². The van der Waals surface area contributed by atoms with Crippen LogP contribution < -0.4 is 0 Å². The molecule has 0 bridgehead atoms. The smallest absolute Gasteiger partial charge is 0.341 e. The Morgan fingerprint density at radius 1 is 1.79 bits per heavy atom. The lowest BCUT2D eigenvalue weighted by Crippen LogP contribution is -2.25. The molecule has 0 amide bonds. The topological polar surface area (TPSA) is 64.3 Å². The molecular formula is C9H12N2O3. The van der Waals surface area contributed by atoms with E-state index in [0.29, 0.717) is 24.9 Å². The third kappa shape index (κ3) is 1.39. The predicted octanol–water partition coefficient (Wildman–Crippen LogP) is -0.0232. The van der Waals surface area contributed by atoms with Gasteiger partial charge >= 0.3 is 5.97 Å². The van der Waals surface area contributed by atoms with Gasteiger partial charge in [-0.3, -0.25) is 4.68 Å². The number of hydrogen-bond acceptors (Lipinski definition) is 4. The zero-order chi connectivity index (χ0) is 10.1. The second kappa shape index (κ2) is 3.42. The summed E-state index contributed by atoms with van der Waals surface area (Å²) in [6.07, 6.45) is 2.29. The van der Waals surface area contributed by atoms with E-state index in [9.17, 15) is 9.90 Å². The first kappa shape index (κ1) is 9.21. The third-order valence-electron chi connectivity index (χ3n) is 2.46. The van der Waals surface area contributed by atoms with Crippen LogP contribution in [0.2, 0.25) is 0 Å². The van der Waals surface area contributed by atoms with E-state index in [1.807, 2.05) is 0 Å². The van der Waals surface area contributed by atoms with Gasteiger partial charge in [0.2, 0.25) is 0 Å². The summed E-state index contributed by atoms with van der Waals surface area (Å²) in [6, 6.07) is 0. The number of aliphatic hydroxyl groups excluding tert-OH is 1. The Hall–Kier alpha value is -1.36. The molecule has 1 aliphatic heterocycles. The number of nitrogens with zero attached hydrogens (tertiary/aromatic N) is 2. The van der Waals surface area contributed by atoms with Crippen LogP contribution in [-0.2, 0) is 17.7 Å². The molecule has 0 radical (unpaired) electrons. The lowest BCUT2D eigenvalue weighted by atomic mass is 10.0. The minimum atomic E-state index is -0.389. The first-order valence-corrected chi connectivity index (χ1v) is 4.53. The van der Waals surface area contributed by atoms with Gasteiger partial charge in [-0.1, -0.05) is 0 Å². The van der Waals surface area contributed by atoms with Crippen molar-refractivity contribution in [1.82, 2.24) is 9.78 Å². The maximum absolute atomic E-state index is 11.3. The van der Waals surface area contributed by atoms with E-state index in [1.165, 1.54) is 13.3 Å². The summed E-state index contributed by atoms with van der Waals surface area (Å²) >= 11 is 0. The van der Waals surface area contributed by atoms with Gasteiger partial charge in [-0.25, -0.2) is 4.79 Å². The molecule has 1 N–H and O–H groups in total. The van der Waals surface area contributed by atoms with Crippen LogP contribution in [0.5, 0.6) is 0 Å². The lowest BCUT2D eigenvalue weighted by Gasteiger charge is -2.19. The molecule has 1 aromatic heterocycles. The van der Waals surface area contributed by atoms with Crippen LogP contribution in [0.25, 0.3) is 0 Å². The van der Waals surface area contributed by atoms with Crippen molar-refractivity contribution in [2.24, 2.45) is 0 Å². The molecule has 0 aliphatic carbocycles. The Labute approximate surface area is 81.3 Å². The summed E-state index contributed by atoms with van der Waals surface area (Å²) in [5, 5.41) is 13.5. The number of aryl methyl sites for hydroxylation is 1. The van der Waals surface area contributed by atoms with Crippen LogP contribution in [0, 0.1) is 0 Å². The van der Waals surface area contributed by atoms with E-state index in [4.69, 9.17) is 0 Å². The van der Waals surface area contributed by atoms with Crippen molar-refractivity contribution in [3.05, 3.63) is 17.5 Å². The van der Waals surface area contributed by atoms with Gasteiger partial charge in [-0.15, -0.1) is 0 Å². The van der Waals surface area contributed by atoms with Crippen LogP contribution in [-0.4, -0.2) is 34.1 Å². The van der Waals surface area contributed by atoms with Crippen molar-refractivity contribution in [2.45, 2.75) is 25.5 Å². The molecule has 0 saturated carbocycles. The second-order valence-corrected chi connectivity index (χ2v) is 3.37. The van der Waals surface area contributed by atoms with Crippen molar-refractivity contribution >= 4 is 5.97 Å². The predicted molar refractivity (Wildman–Crippen MR) is 47.9 cm³/mol. The molecule has 2 rings (SSSR count). The minimum absolute atomic E-state index is 0.373. The van der Waals surface area contributed by atoms with Crippen LogP contribution in [0.3, 0.4) is 0 Å². The highest BCUT2D eigenvalue weighted by molar-refractivity contribution is 5.90. The zero-order valence-corrected chi connectivity index (χ0v) is 7.93. The van der Waals surface area contributed by atoms with Crippen molar-refractivity contribution < 1.29 is 14.6 Å². The third-order valence-corrected chi connectivity index (χ3v) is 2.46. The monoisotopic (exact) mass is 196 g/mol. The molecule has 1 aliphatic rings. The molecule has 76 valence electrons. The van der Waals surface area contributed by atoms with Gasteiger partial charge in [-0.05, 0) is 6.42 Å². The zero-order valence-electron chi connectivity index (χ0n) is 7.93. The van der Waals surface area contributed by atoms with E-state index < -0.39 is 0 Å². The number of aromatic nitrogens is 2. The fraction of sp³-hybridized carbons (Fsp3) is 0.556. The van der Waals surface area contributed by atoms with Crippen LogP contribution in [0.1, 0.15) is 22.5 Å². The molecule has 14 heavy (non-hydrogen) atoms. The number of esters is 1. The van der Waals surface area contributed by atoms with Crippen LogP contribution in [0.15, 0.2) is 6.20 Å². The number of aliphatic hydroxyl groups is 1. The Bertz CT molecular complexity index is 359. The summed E-state index contributed by atoms with van der Waals surface area (Å²) in [5.74, 6) is -0.389. The fourth-order valence-electron chi connectivity index (χ4n) is 1.70. The van der Waals surface area contributed by atoms with E-state index in [0.717, 1.165) is 5.69 Å². The molecular weight excluding hydrogens is 184 g/mol. The molecule has 2 heterocycles. The van der Waals surface area contributed by atoms with E-state index in [1.54, 1.807) is 4.68 Å². The van der Waals surface area contributed by atoms with Crippen LogP contribution >= 0.6 is 0 Å². The molecule has 1 aromatic rings. The number of methoxy groups -OCH3 is 1. The second-order valence-electron chi connectivity index (χ2n) is 3.37. The highest BCUT2D eigenvalue weighted by Gasteiger charge is 2.24. The van der Waals surface area contributed by atoms with E-state index in [-0.39, 0.29) is 12.1 Å². The molecule has 0 saturated heterocycles. The SMILES string of the molecule is COC(=O)c1cnn2c1C[C@H](O)CC2. The number of rotatable bonds is 1. The van der Waals surface area contributed by atoms with E-state index in [2.05, 4.69) is 9.84 Å². The number of fused-ring (bicyclic) bond motifs is 1. The fourth-order valence-corrected chi connectivity index (χ4v) is 1.70. The van der Waals surface area contributed by atoms with E-state index >= 15 is 0 Å². The lowest BCUT2D eigenvalue weighted by molar-refractivity contribution is 0.0597. The Morgan fingerprint density at radius 2 is 2.57 bits per heavy atom. The maximum Gasteiger partial charge on any atom is 0.341 e. The summed E-state index contributed by atoms with van der Waals surface area (Å²) in [6.45, 7) is 0.660. The normalized spacial score (nSPS) is 20.3. The number of ether oxygens (including phenoxy) is 1. The Kier molecular flexibility index (Phi) is 2.25. The van der Waals surface area contributed by atoms with Gasteiger partial charge in [0, 0.05) is 13.0 Å². The molecule has 0 spiro atoms. The average Bonchev–Trinajstić information content (AvgIpc) is 2.59. The molecule has 1 atom stereocenters. The number of carbonyl (C=O) groups excluding carboxylic acids is 1. The summed E-state index contributed by atoms with van der Waals surface area (Å²) in [5.41, 5.74) is 1.24. The van der Waals surface area contributed by atoms with Crippen LogP contribution in [0.4, 0.5) is 0 Å². The van der Waals surface area contributed by atoms with Gasteiger partial charge in [0.05, 0.1) is 25.1 Å². The largest absolute Gasteiger partial charge is 0.465 e. The maximum atomic E-state index is 11.3. The Morgan fingerprint density at radius 3 is 3.29 bits per heavy atom. The quantitative estimate of drug-likeness (QED) is 0.641. The van der Waals surface area contributed by atoms with Crippen molar-refractivity contribution in [3.63, 3.8) is 0 Å². The highest BCUT2D eigenvalue weighted by atomic mass is 16.5. The van der Waals surface area contributed by atoms with Gasteiger partial charge < -0.3 is 9.84 Å². The summed E-state index contributed by atoms with van der Waals surface area (Å²) < 4.78 is 6.37. The molecule has 0 fully saturated rings. The molecule has 0 aromatic carbocycles. The summed E-state index contributed by atoms with van der Waals surface area (Å²) in [4.78, 5) is 11.3. The standard InChI is InChI=1S/C9H12N2O3/c1-14-9(13)7-5-10-11-3-2-6(12)4-8(7)11/h5-6,12H,2-4H2,1H3/t6-/m1/s1. The molecule has 5 heteroatoms. The van der Waals surface area contributed by atoms with Crippen molar-refractivity contribution in [2.75, 3.05) is 7.11 Å². The summed E-state index contributed by atoms with van der Waals surface area (Å²) in [7, 11) is 1.34. The minimum Gasteiger partial charge on any atom is -0.465 e. The average molecular weight is 196 g/mol. The molecule has 0 unspecified atom stereocenters. The van der Waals surface area contributed by atoms with Gasteiger partial charge in [0.25, 0.3) is 0 Å². The number of hydrogen-bond donors (Lipinski definition) is 1. The number of carbonyl (C=O) groups is 1. The first-order valence-electron chi connectivity index (χ1n) is 4.53. The van der Waals surface area contributed by atoms with Crippen molar-refractivity contribution in [3.8, 4) is 0 Å². The molecule has 5 nitrogen and oxygen atoms in total. The van der Waals surface area contributed by atoms with Crippen molar-refractivity contribution in [1.29, 1.82) is 0 Å². The van der Waals surface area contributed by atoms with Gasteiger partial charge in [0.1, 0.15) is 5.56 Å². The Balaban J connectivity index is 2.35. The van der Waals surface area contributed by atoms with Gasteiger partial charge in [0.15, 0.2) is 0 Å². The highest BCUT2D eigenvalue weighted by Crippen LogP contribution is 2.18.